The SMILES string of the molecule is CCCN(CCC)c1cc(C(=O)Nc2ccccc2CC)ncn1. The number of carbonyl (C=O) groups is 1. The molecule has 0 saturated carbocycles. The van der Waals surface area contributed by atoms with E-state index in [0.29, 0.717) is 5.69 Å². The molecule has 0 atom stereocenters. The first-order chi connectivity index (χ1) is 11.7. The Morgan fingerprint density at radius 1 is 1.08 bits per heavy atom. The van der Waals surface area contributed by atoms with E-state index in [2.05, 4.69) is 41.0 Å². The first kappa shape index (κ1) is 17.9. The van der Waals surface area contributed by atoms with Gasteiger partial charge in [-0.25, -0.2) is 9.97 Å². The van der Waals surface area contributed by atoms with Crippen LogP contribution in [-0.2, 0) is 6.42 Å². The fourth-order valence-corrected chi connectivity index (χ4v) is 2.66. The highest BCUT2D eigenvalue weighted by Crippen LogP contribution is 2.17. The third-order valence-electron chi connectivity index (χ3n) is 3.84. The van der Waals surface area contributed by atoms with Gasteiger partial charge < -0.3 is 10.2 Å². The van der Waals surface area contributed by atoms with Crippen LogP contribution in [0.3, 0.4) is 0 Å². The predicted molar refractivity (Wildman–Crippen MR) is 98.6 cm³/mol. The number of nitrogens with one attached hydrogen (secondary N) is 1. The van der Waals surface area contributed by atoms with Crippen molar-refractivity contribution in [1.82, 2.24) is 9.97 Å². The van der Waals surface area contributed by atoms with Crippen LogP contribution >= 0.6 is 0 Å². The zero-order valence-corrected chi connectivity index (χ0v) is 14.7. The molecule has 0 aliphatic carbocycles. The van der Waals surface area contributed by atoms with Crippen LogP contribution in [0.5, 0.6) is 0 Å². The topological polar surface area (TPSA) is 58.1 Å². The van der Waals surface area contributed by atoms with E-state index in [9.17, 15) is 4.79 Å². The zero-order valence-electron chi connectivity index (χ0n) is 14.7. The molecule has 1 heterocycles. The monoisotopic (exact) mass is 326 g/mol. The number of rotatable bonds is 8. The highest BCUT2D eigenvalue weighted by molar-refractivity contribution is 6.03. The first-order valence-electron chi connectivity index (χ1n) is 8.65. The molecule has 24 heavy (non-hydrogen) atoms. The van der Waals surface area contributed by atoms with Gasteiger partial charge in [-0.15, -0.1) is 0 Å². The molecule has 0 aliphatic heterocycles. The molecule has 2 rings (SSSR count). The van der Waals surface area contributed by atoms with Crippen LogP contribution in [0.4, 0.5) is 11.5 Å². The smallest absolute Gasteiger partial charge is 0.274 e. The van der Waals surface area contributed by atoms with Crippen molar-refractivity contribution in [2.24, 2.45) is 0 Å². The molecular formula is C19H26N4O. The molecule has 0 radical (unpaired) electrons. The van der Waals surface area contributed by atoms with E-state index in [0.717, 1.165) is 49.4 Å². The number of hydrogen-bond donors (Lipinski definition) is 1. The molecule has 128 valence electrons. The molecule has 1 amide bonds. The minimum atomic E-state index is -0.201. The van der Waals surface area contributed by atoms with Gasteiger partial charge in [-0.3, -0.25) is 4.79 Å². The van der Waals surface area contributed by atoms with Crippen LogP contribution in [0.2, 0.25) is 0 Å². The summed E-state index contributed by atoms with van der Waals surface area (Å²) in [6.07, 6.45) is 4.41. The summed E-state index contributed by atoms with van der Waals surface area (Å²) in [6, 6.07) is 9.61. The summed E-state index contributed by atoms with van der Waals surface area (Å²) in [5.41, 5.74) is 2.34. The first-order valence-corrected chi connectivity index (χ1v) is 8.65. The van der Waals surface area contributed by atoms with Gasteiger partial charge >= 0.3 is 0 Å². The van der Waals surface area contributed by atoms with Crippen molar-refractivity contribution in [3.63, 3.8) is 0 Å². The molecule has 0 saturated heterocycles. The van der Waals surface area contributed by atoms with Gasteiger partial charge in [0.1, 0.15) is 17.8 Å². The highest BCUT2D eigenvalue weighted by atomic mass is 16.1. The number of para-hydroxylation sites is 1. The van der Waals surface area contributed by atoms with E-state index < -0.39 is 0 Å². The number of carbonyl (C=O) groups excluding carboxylic acids is 1. The van der Waals surface area contributed by atoms with E-state index in [1.165, 1.54) is 6.33 Å². The van der Waals surface area contributed by atoms with Crippen LogP contribution in [0.25, 0.3) is 0 Å². The third-order valence-corrected chi connectivity index (χ3v) is 3.84. The minimum absolute atomic E-state index is 0.201. The van der Waals surface area contributed by atoms with Crippen molar-refractivity contribution in [3.05, 3.63) is 47.9 Å². The maximum atomic E-state index is 12.6. The molecule has 0 bridgehead atoms. The number of anilines is 2. The van der Waals surface area contributed by atoms with Gasteiger partial charge in [-0.05, 0) is 30.9 Å². The Morgan fingerprint density at radius 3 is 2.46 bits per heavy atom. The number of aromatic nitrogens is 2. The zero-order chi connectivity index (χ0) is 17.4. The lowest BCUT2D eigenvalue weighted by atomic mass is 10.1. The fraction of sp³-hybridized carbons (Fsp3) is 0.421. The average Bonchev–Trinajstić information content (AvgIpc) is 2.62. The molecule has 5 heteroatoms. The molecule has 1 aromatic carbocycles. The summed E-state index contributed by atoms with van der Waals surface area (Å²) >= 11 is 0. The molecule has 1 aromatic heterocycles. The van der Waals surface area contributed by atoms with Crippen LogP contribution in [0.15, 0.2) is 36.7 Å². The predicted octanol–water partition coefficient (Wildman–Crippen LogP) is 3.92. The second kappa shape index (κ2) is 9.01. The second-order valence-corrected chi connectivity index (χ2v) is 5.71. The lowest BCUT2D eigenvalue weighted by Gasteiger charge is -2.22. The van der Waals surface area contributed by atoms with Gasteiger partial charge in [0.15, 0.2) is 0 Å². The van der Waals surface area contributed by atoms with Crippen molar-refractivity contribution in [3.8, 4) is 0 Å². The minimum Gasteiger partial charge on any atom is -0.357 e. The van der Waals surface area contributed by atoms with E-state index in [1.54, 1.807) is 6.07 Å². The quantitative estimate of drug-likeness (QED) is 0.799. The Morgan fingerprint density at radius 2 is 1.79 bits per heavy atom. The number of amides is 1. The normalized spacial score (nSPS) is 10.5. The maximum Gasteiger partial charge on any atom is 0.274 e. The number of hydrogen-bond acceptors (Lipinski definition) is 4. The lowest BCUT2D eigenvalue weighted by Crippen LogP contribution is -2.26. The summed E-state index contributed by atoms with van der Waals surface area (Å²) in [6.45, 7) is 8.19. The summed E-state index contributed by atoms with van der Waals surface area (Å²) in [5.74, 6) is 0.607. The molecule has 5 nitrogen and oxygen atoms in total. The molecule has 1 N–H and O–H groups in total. The molecule has 2 aromatic rings. The lowest BCUT2D eigenvalue weighted by molar-refractivity contribution is 0.102. The third kappa shape index (κ3) is 4.54. The molecule has 0 unspecified atom stereocenters. The van der Waals surface area contributed by atoms with Crippen molar-refractivity contribution in [2.45, 2.75) is 40.0 Å². The second-order valence-electron chi connectivity index (χ2n) is 5.71. The fourth-order valence-electron chi connectivity index (χ4n) is 2.66. The van der Waals surface area contributed by atoms with Gasteiger partial charge in [0, 0.05) is 24.8 Å². The number of nitrogens with zero attached hydrogens (tertiary/aromatic N) is 3. The Labute approximate surface area is 144 Å². The average molecular weight is 326 g/mol. The van der Waals surface area contributed by atoms with Crippen LogP contribution < -0.4 is 10.2 Å². The van der Waals surface area contributed by atoms with E-state index in [-0.39, 0.29) is 5.91 Å². The van der Waals surface area contributed by atoms with Crippen molar-refractivity contribution >= 4 is 17.4 Å². The standard InChI is InChI=1S/C19H26N4O/c1-4-11-23(12-5-2)18-13-17(20-14-21-18)19(24)22-16-10-8-7-9-15(16)6-3/h7-10,13-14H,4-6,11-12H2,1-3H3,(H,22,24). The maximum absolute atomic E-state index is 12.6. The van der Waals surface area contributed by atoms with Gasteiger partial charge in [-0.1, -0.05) is 39.0 Å². The Bertz CT molecular complexity index is 666. The van der Waals surface area contributed by atoms with Gasteiger partial charge in [0.05, 0.1) is 0 Å². The van der Waals surface area contributed by atoms with E-state index in [4.69, 9.17) is 0 Å². The van der Waals surface area contributed by atoms with E-state index in [1.807, 2.05) is 24.3 Å². The molecule has 0 spiro atoms. The van der Waals surface area contributed by atoms with Gasteiger partial charge in [0.25, 0.3) is 5.91 Å². The van der Waals surface area contributed by atoms with Crippen molar-refractivity contribution < 1.29 is 4.79 Å². The highest BCUT2D eigenvalue weighted by Gasteiger charge is 2.13. The largest absolute Gasteiger partial charge is 0.357 e. The summed E-state index contributed by atoms with van der Waals surface area (Å²) in [7, 11) is 0. The molecular weight excluding hydrogens is 300 g/mol. The van der Waals surface area contributed by atoms with Crippen LogP contribution in [-0.4, -0.2) is 29.0 Å². The summed E-state index contributed by atoms with van der Waals surface area (Å²) < 4.78 is 0. The number of benzene rings is 1. The number of aryl methyl sites for hydroxylation is 1. The van der Waals surface area contributed by atoms with Gasteiger partial charge in [0.2, 0.25) is 0 Å². The van der Waals surface area contributed by atoms with Crippen LogP contribution in [0.1, 0.15) is 49.7 Å². The Kier molecular flexibility index (Phi) is 6.73. The van der Waals surface area contributed by atoms with Crippen LogP contribution in [0, 0.1) is 0 Å². The molecule has 0 aliphatic rings. The van der Waals surface area contributed by atoms with Crippen molar-refractivity contribution in [1.29, 1.82) is 0 Å². The molecule has 0 fully saturated rings. The summed E-state index contributed by atoms with van der Waals surface area (Å²) in [5, 5.41) is 2.96. The summed E-state index contributed by atoms with van der Waals surface area (Å²) in [4.78, 5) is 23.2. The van der Waals surface area contributed by atoms with Crippen molar-refractivity contribution in [2.75, 3.05) is 23.3 Å². The Balaban J connectivity index is 2.19. The van der Waals surface area contributed by atoms with Gasteiger partial charge in [-0.2, -0.15) is 0 Å². The Hall–Kier alpha value is -2.43. The van der Waals surface area contributed by atoms with E-state index >= 15 is 0 Å².